The molecule has 0 aliphatic heterocycles. The Labute approximate surface area is 124 Å². The summed E-state index contributed by atoms with van der Waals surface area (Å²) in [6.45, 7) is 5.43. The standard InChI is InChI=1S/C12H22N2O6S/c1-11(2,9(16)17)6-8(15)14-10(18)13-7-12(3,4)21(5,19)20/h6-7H2,1-5H3,(H,16,17)(H2,13,14,15,18). The Balaban J connectivity index is 4.48. The Hall–Kier alpha value is -1.64. The van der Waals surface area contributed by atoms with Crippen LogP contribution in [0.4, 0.5) is 4.79 Å². The molecule has 0 aliphatic carbocycles. The van der Waals surface area contributed by atoms with Crippen molar-refractivity contribution in [2.45, 2.75) is 38.9 Å². The van der Waals surface area contributed by atoms with Crippen molar-refractivity contribution >= 4 is 27.7 Å². The van der Waals surface area contributed by atoms with Crippen molar-refractivity contribution in [2.24, 2.45) is 5.41 Å². The number of carboxylic acids is 1. The molecule has 21 heavy (non-hydrogen) atoms. The molecule has 0 rings (SSSR count). The van der Waals surface area contributed by atoms with E-state index in [0.29, 0.717) is 0 Å². The first-order valence-corrected chi connectivity index (χ1v) is 8.09. The number of carbonyl (C=O) groups excluding carboxylic acids is 2. The molecule has 9 heteroatoms. The highest BCUT2D eigenvalue weighted by Gasteiger charge is 2.32. The second-order valence-electron chi connectivity index (χ2n) is 6.13. The van der Waals surface area contributed by atoms with Crippen LogP contribution in [-0.2, 0) is 19.4 Å². The number of amides is 3. The highest BCUT2D eigenvalue weighted by Crippen LogP contribution is 2.20. The zero-order chi connectivity index (χ0) is 17.1. The summed E-state index contributed by atoms with van der Waals surface area (Å²) in [7, 11) is -3.37. The van der Waals surface area contributed by atoms with Gasteiger partial charge in [0, 0.05) is 19.2 Å². The van der Waals surface area contributed by atoms with Crippen LogP contribution in [0.15, 0.2) is 0 Å². The molecule has 3 amide bonds. The predicted molar refractivity (Wildman–Crippen MR) is 76.5 cm³/mol. The minimum absolute atomic E-state index is 0.173. The molecule has 0 radical (unpaired) electrons. The first-order chi connectivity index (χ1) is 9.19. The minimum Gasteiger partial charge on any atom is -0.481 e. The molecule has 0 saturated heterocycles. The van der Waals surface area contributed by atoms with Gasteiger partial charge in [-0.2, -0.15) is 0 Å². The second-order valence-corrected chi connectivity index (χ2v) is 8.78. The Morgan fingerprint density at radius 3 is 1.95 bits per heavy atom. The Morgan fingerprint density at radius 2 is 1.57 bits per heavy atom. The summed E-state index contributed by atoms with van der Waals surface area (Å²) in [5.74, 6) is -1.91. The van der Waals surface area contributed by atoms with E-state index in [1.807, 2.05) is 5.32 Å². The molecular weight excluding hydrogens is 300 g/mol. The Kier molecular flexibility index (Phi) is 5.92. The molecule has 0 spiro atoms. The van der Waals surface area contributed by atoms with E-state index in [0.717, 1.165) is 6.26 Å². The third-order valence-corrected chi connectivity index (χ3v) is 5.26. The molecule has 0 fully saturated rings. The smallest absolute Gasteiger partial charge is 0.321 e. The monoisotopic (exact) mass is 322 g/mol. The van der Waals surface area contributed by atoms with Gasteiger partial charge in [0.2, 0.25) is 5.91 Å². The molecule has 0 aromatic carbocycles. The van der Waals surface area contributed by atoms with E-state index >= 15 is 0 Å². The fourth-order valence-corrected chi connectivity index (χ4v) is 1.45. The van der Waals surface area contributed by atoms with E-state index in [1.165, 1.54) is 27.7 Å². The lowest BCUT2D eigenvalue weighted by atomic mass is 9.89. The maximum Gasteiger partial charge on any atom is 0.321 e. The van der Waals surface area contributed by atoms with Crippen LogP contribution in [0, 0.1) is 5.41 Å². The molecule has 0 saturated carbocycles. The average molecular weight is 322 g/mol. The fourth-order valence-electron chi connectivity index (χ4n) is 1.12. The van der Waals surface area contributed by atoms with E-state index in [4.69, 9.17) is 5.11 Å². The van der Waals surface area contributed by atoms with E-state index in [1.54, 1.807) is 0 Å². The van der Waals surface area contributed by atoms with Gasteiger partial charge in [0.15, 0.2) is 9.84 Å². The van der Waals surface area contributed by atoms with Crippen LogP contribution < -0.4 is 10.6 Å². The van der Waals surface area contributed by atoms with Gasteiger partial charge in [-0.3, -0.25) is 14.9 Å². The van der Waals surface area contributed by atoms with Crippen LogP contribution in [0.3, 0.4) is 0 Å². The first kappa shape index (κ1) is 19.4. The van der Waals surface area contributed by atoms with Gasteiger partial charge in [0.25, 0.3) is 0 Å². The van der Waals surface area contributed by atoms with Crippen molar-refractivity contribution in [3.8, 4) is 0 Å². The molecule has 0 aliphatic rings. The van der Waals surface area contributed by atoms with Gasteiger partial charge in [-0.25, -0.2) is 13.2 Å². The zero-order valence-electron chi connectivity index (χ0n) is 12.8. The van der Waals surface area contributed by atoms with Crippen LogP contribution in [0.25, 0.3) is 0 Å². The lowest BCUT2D eigenvalue weighted by Gasteiger charge is -2.23. The van der Waals surface area contributed by atoms with E-state index in [2.05, 4.69) is 5.32 Å². The largest absolute Gasteiger partial charge is 0.481 e. The molecule has 3 N–H and O–H groups in total. The summed E-state index contributed by atoms with van der Waals surface area (Å²) in [4.78, 5) is 33.9. The van der Waals surface area contributed by atoms with Gasteiger partial charge < -0.3 is 10.4 Å². The number of hydrogen-bond donors (Lipinski definition) is 3. The Bertz CT molecular complexity index is 536. The van der Waals surface area contributed by atoms with Crippen LogP contribution in [0.1, 0.15) is 34.1 Å². The number of nitrogens with one attached hydrogen (secondary N) is 2. The number of hydrogen-bond acceptors (Lipinski definition) is 5. The zero-order valence-corrected chi connectivity index (χ0v) is 13.6. The maximum atomic E-state index is 11.5. The van der Waals surface area contributed by atoms with E-state index in [-0.39, 0.29) is 13.0 Å². The van der Waals surface area contributed by atoms with Crippen LogP contribution in [0.5, 0.6) is 0 Å². The molecule has 0 heterocycles. The van der Waals surface area contributed by atoms with E-state index in [9.17, 15) is 22.8 Å². The first-order valence-electron chi connectivity index (χ1n) is 6.20. The molecule has 0 bridgehead atoms. The summed E-state index contributed by atoms with van der Waals surface area (Å²) in [6.07, 6.45) is 0.679. The highest BCUT2D eigenvalue weighted by atomic mass is 32.2. The van der Waals surface area contributed by atoms with Crippen molar-refractivity contribution in [2.75, 3.05) is 12.8 Å². The second kappa shape index (κ2) is 6.42. The third kappa shape index (κ3) is 6.11. The Morgan fingerprint density at radius 1 is 1.10 bits per heavy atom. The van der Waals surface area contributed by atoms with Crippen molar-refractivity contribution in [3.63, 3.8) is 0 Å². The van der Waals surface area contributed by atoms with Crippen molar-refractivity contribution in [3.05, 3.63) is 0 Å². The molecule has 122 valence electrons. The van der Waals surface area contributed by atoms with Gasteiger partial charge >= 0.3 is 12.0 Å². The minimum atomic E-state index is -3.37. The van der Waals surface area contributed by atoms with Crippen LogP contribution in [-0.4, -0.2) is 49.0 Å². The molecule has 0 aromatic rings. The lowest BCUT2D eigenvalue weighted by Crippen LogP contribution is -2.48. The van der Waals surface area contributed by atoms with Crippen molar-refractivity contribution in [1.82, 2.24) is 10.6 Å². The van der Waals surface area contributed by atoms with E-state index < -0.39 is 37.9 Å². The van der Waals surface area contributed by atoms with Gasteiger partial charge in [-0.15, -0.1) is 0 Å². The third-order valence-electron chi connectivity index (χ3n) is 3.11. The number of imide groups is 1. The fraction of sp³-hybridized carbons (Fsp3) is 0.750. The van der Waals surface area contributed by atoms with Gasteiger partial charge in [0.1, 0.15) is 0 Å². The lowest BCUT2D eigenvalue weighted by molar-refractivity contribution is -0.149. The number of urea groups is 1. The van der Waals surface area contributed by atoms with Crippen LogP contribution >= 0.6 is 0 Å². The summed E-state index contributed by atoms with van der Waals surface area (Å²) in [6, 6.07) is -0.863. The number of sulfone groups is 1. The molecule has 8 nitrogen and oxygen atoms in total. The summed E-state index contributed by atoms with van der Waals surface area (Å²) in [5, 5.41) is 13.1. The average Bonchev–Trinajstić information content (AvgIpc) is 2.23. The number of carboxylic acid groups (broad SMARTS) is 1. The predicted octanol–water partition coefficient (Wildman–Crippen LogP) is 0.136. The topological polar surface area (TPSA) is 130 Å². The number of aliphatic carboxylic acids is 1. The summed E-state index contributed by atoms with van der Waals surface area (Å²) in [5.41, 5.74) is -1.30. The molecular formula is C12H22N2O6S. The number of carbonyl (C=O) groups is 3. The van der Waals surface area contributed by atoms with Gasteiger partial charge in [-0.05, 0) is 27.7 Å². The SMILES string of the molecule is CC(C)(CC(=O)NC(=O)NCC(C)(C)S(C)(=O)=O)C(=O)O. The van der Waals surface area contributed by atoms with Crippen molar-refractivity contribution in [1.29, 1.82) is 0 Å². The maximum absolute atomic E-state index is 11.5. The molecule has 0 atom stereocenters. The summed E-state index contributed by atoms with van der Waals surface area (Å²) < 4.78 is 21.7. The number of rotatable bonds is 6. The quantitative estimate of drug-likeness (QED) is 0.637. The molecule has 0 unspecified atom stereocenters. The highest BCUT2D eigenvalue weighted by molar-refractivity contribution is 7.92. The normalized spacial score (nSPS) is 12.6. The van der Waals surface area contributed by atoms with Crippen LogP contribution in [0.2, 0.25) is 0 Å². The van der Waals surface area contributed by atoms with Crippen molar-refractivity contribution < 1.29 is 27.9 Å². The summed E-state index contributed by atoms with van der Waals surface area (Å²) >= 11 is 0. The van der Waals surface area contributed by atoms with Gasteiger partial charge in [0.05, 0.1) is 10.2 Å². The van der Waals surface area contributed by atoms with Gasteiger partial charge in [-0.1, -0.05) is 0 Å². The molecule has 0 aromatic heterocycles.